The van der Waals surface area contributed by atoms with Gasteiger partial charge in [0.1, 0.15) is 17.5 Å². The molecule has 18 heavy (non-hydrogen) atoms. The van der Waals surface area contributed by atoms with Crippen LogP contribution in [0.2, 0.25) is 0 Å². The van der Waals surface area contributed by atoms with Crippen LogP contribution in [-0.2, 0) is 6.42 Å². The van der Waals surface area contributed by atoms with Crippen LogP contribution in [0.3, 0.4) is 0 Å². The van der Waals surface area contributed by atoms with Crippen LogP contribution in [-0.4, -0.2) is 16.7 Å². The lowest BCUT2D eigenvalue weighted by atomic mass is 10.1. The monoisotopic (exact) mass is 249 g/mol. The van der Waals surface area contributed by atoms with E-state index in [-0.39, 0.29) is 0 Å². The molecule has 1 heterocycles. The number of rotatable bonds is 4. The van der Waals surface area contributed by atoms with Gasteiger partial charge in [-0.2, -0.15) is 5.10 Å². The minimum absolute atomic E-state index is 0.518. The summed E-state index contributed by atoms with van der Waals surface area (Å²) in [4.78, 5) is 0. The predicted octanol–water partition coefficient (Wildman–Crippen LogP) is 2.72. The van der Waals surface area contributed by atoms with Gasteiger partial charge in [-0.3, -0.25) is 0 Å². The number of halogens is 2. The van der Waals surface area contributed by atoms with Gasteiger partial charge in [0.25, 0.3) is 0 Å². The molecule has 0 amide bonds. The lowest BCUT2D eigenvalue weighted by Gasteiger charge is -2.05. The van der Waals surface area contributed by atoms with Crippen LogP contribution < -0.4 is 5.32 Å². The molecule has 0 aliphatic rings. The molecule has 1 aromatic heterocycles. The molecular weight excluding hydrogens is 236 g/mol. The molecule has 2 rings (SSSR count). The molecule has 1 aromatic carbocycles. The Hall–Kier alpha value is -2.04. The van der Waals surface area contributed by atoms with E-state index in [2.05, 4.69) is 15.5 Å². The van der Waals surface area contributed by atoms with Crippen LogP contribution in [0, 0.1) is 18.6 Å². The normalized spacial score (nSPS) is 10.4. The first-order valence-corrected chi connectivity index (χ1v) is 5.61. The summed E-state index contributed by atoms with van der Waals surface area (Å²) in [6.07, 6.45) is 2.18. The first-order valence-electron chi connectivity index (χ1n) is 5.61. The highest BCUT2D eigenvalue weighted by atomic mass is 19.1. The summed E-state index contributed by atoms with van der Waals surface area (Å²) in [5.41, 5.74) is 1.62. The van der Waals surface area contributed by atoms with E-state index in [0.717, 1.165) is 11.6 Å². The summed E-state index contributed by atoms with van der Waals surface area (Å²) in [6.45, 7) is 2.46. The van der Waals surface area contributed by atoms with E-state index in [1.165, 1.54) is 12.1 Å². The second-order valence-electron chi connectivity index (χ2n) is 4.07. The second kappa shape index (κ2) is 5.53. The van der Waals surface area contributed by atoms with Crippen molar-refractivity contribution in [2.24, 2.45) is 0 Å². The van der Waals surface area contributed by atoms with Crippen molar-refractivity contribution < 1.29 is 8.78 Å². The van der Waals surface area contributed by atoms with Crippen LogP contribution in [0.15, 0.2) is 30.5 Å². The molecule has 1 N–H and O–H groups in total. The standard InChI is InChI=1S/C13H13F2N3/c1-9-4-13(18-17-8-9)16-3-2-10-5-11(14)7-12(15)6-10/h4-8H,2-3H2,1H3,(H,16,18). The van der Waals surface area contributed by atoms with Crippen LogP contribution in [0.1, 0.15) is 11.1 Å². The van der Waals surface area contributed by atoms with Crippen LogP contribution in [0.5, 0.6) is 0 Å². The van der Waals surface area contributed by atoms with E-state index >= 15 is 0 Å². The van der Waals surface area contributed by atoms with Gasteiger partial charge in [0.05, 0.1) is 6.20 Å². The summed E-state index contributed by atoms with van der Waals surface area (Å²) in [7, 11) is 0. The Kier molecular flexibility index (Phi) is 3.82. The second-order valence-corrected chi connectivity index (χ2v) is 4.07. The maximum absolute atomic E-state index is 12.9. The minimum Gasteiger partial charge on any atom is -0.368 e. The van der Waals surface area contributed by atoms with Gasteiger partial charge >= 0.3 is 0 Å². The molecule has 0 aliphatic heterocycles. The zero-order valence-electron chi connectivity index (χ0n) is 9.95. The third kappa shape index (κ3) is 3.48. The topological polar surface area (TPSA) is 37.8 Å². The van der Waals surface area contributed by atoms with Crippen LogP contribution in [0.4, 0.5) is 14.6 Å². The smallest absolute Gasteiger partial charge is 0.148 e. The lowest BCUT2D eigenvalue weighted by Crippen LogP contribution is -2.07. The molecule has 0 unspecified atom stereocenters. The average Bonchev–Trinajstić information content (AvgIpc) is 2.27. The van der Waals surface area contributed by atoms with Crippen molar-refractivity contribution in [1.82, 2.24) is 10.2 Å². The van der Waals surface area contributed by atoms with Gasteiger partial charge in [-0.25, -0.2) is 8.78 Å². The number of aromatic nitrogens is 2. The van der Waals surface area contributed by atoms with E-state index < -0.39 is 11.6 Å². The highest BCUT2D eigenvalue weighted by molar-refractivity contribution is 5.35. The molecule has 0 bridgehead atoms. The molecule has 94 valence electrons. The fourth-order valence-corrected chi connectivity index (χ4v) is 1.64. The SMILES string of the molecule is Cc1cnnc(NCCc2cc(F)cc(F)c2)c1. The number of nitrogens with one attached hydrogen (secondary N) is 1. The fraction of sp³-hybridized carbons (Fsp3) is 0.231. The Morgan fingerprint density at radius 1 is 1.11 bits per heavy atom. The highest BCUT2D eigenvalue weighted by Crippen LogP contribution is 2.09. The van der Waals surface area contributed by atoms with Gasteiger partial charge in [0.2, 0.25) is 0 Å². The van der Waals surface area contributed by atoms with Crippen LogP contribution >= 0.6 is 0 Å². The molecule has 0 radical (unpaired) electrons. The van der Waals surface area contributed by atoms with Gasteiger partial charge in [-0.05, 0) is 42.7 Å². The summed E-state index contributed by atoms with van der Waals surface area (Å²) in [5, 5.41) is 10.8. The van der Waals surface area contributed by atoms with Gasteiger partial charge in [-0.1, -0.05) is 0 Å². The van der Waals surface area contributed by atoms with E-state index in [0.29, 0.717) is 24.3 Å². The van der Waals surface area contributed by atoms with E-state index in [1.54, 1.807) is 6.20 Å². The maximum Gasteiger partial charge on any atom is 0.148 e. The molecule has 0 saturated heterocycles. The third-order valence-electron chi connectivity index (χ3n) is 2.43. The summed E-state index contributed by atoms with van der Waals surface area (Å²) < 4.78 is 25.9. The molecule has 3 nitrogen and oxygen atoms in total. The molecule has 5 heteroatoms. The highest BCUT2D eigenvalue weighted by Gasteiger charge is 2.01. The summed E-state index contributed by atoms with van der Waals surface area (Å²) >= 11 is 0. The predicted molar refractivity (Wildman–Crippen MR) is 65.3 cm³/mol. The maximum atomic E-state index is 12.9. The molecule has 0 saturated carbocycles. The zero-order valence-corrected chi connectivity index (χ0v) is 9.95. The Morgan fingerprint density at radius 3 is 2.50 bits per heavy atom. The van der Waals surface area contributed by atoms with Gasteiger partial charge in [0, 0.05) is 12.6 Å². The van der Waals surface area contributed by atoms with E-state index in [4.69, 9.17) is 0 Å². The number of hydrogen-bond donors (Lipinski definition) is 1. The van der Waals surface area contributed by atoms with Gasteiger partial charge in [-0.15, -0.1) is 5.10 Å². The Balaban J connectivity index is 1.92. The van der Waals surface area contributed by atoms with E-state index in [1.807, 2.05) is 13.0 Å². The van der Waals surface area contributed by atoms with Crippen molar-refractivity contribution in [3.63, 3.8) is 0 Å². The zero-order chi connectivity index (χ0) is 13.0. The van der Waals surface area contributed by atoms with Crippen molar-refractivity contribution in [3.05, 3.63) is 53.2 Å². The Bertz CT molecular complexity index is 523. The van der Waals surface area contributed by atoms with E-state index in [9.17, 15) is 8.78 Å². The molecule has 0 aliphatic carbocycles. The molecule has 0 fully saturated rings. The third-order valence-corrected chi connectivity index (χ3v) is 2.43. The van der Waals surface area contributed by atoms with Crippen molar-refractivity contribution in [3.8, 4) is 0 Å². The summed E-state index contributed by atoms with van der Waals surface area (Å²) in [6, 6.07) is 5.38. The molecular formula is C13H13F2N3. The number of hydrogen-bond acceptors (Lipinski definition) is 3. The number of anilines is 1. The number of benzene rings is 1. The van der Waals surface area contributed by atoms with Gasteiger partial charge in [0.15, 0.2) is 0 Å². The average molecular weight is 249 g/mol. The quantitative estimate of drug-likeness (QED) is 0.905. The Labute approximate surface area is 104 Å². The molecule has 0 spiro atoms. The Morgan fingerprint density at radius 2 is 1.83 bits per heavy atom. The number of aryl methyl sites for hydroxylation is 1. The van der Waals surface area contributed by atoms with Gasteiger partial charge < -0.3 is 5.32 Å². The fourth-order valence-electron chi connectivity index (χ4n) is 1.64. The molecule has 0 atom stereocenters. The first-order chi connectivity index (χ1) is 8.63. The molecule has 2 aromatic rings. The van der Waals surface area contributed by atoms with Crippen molar-refractivity contribution >= 4 is 5.82 Å². The van der Waals surface area contributed by atoms with Crippen molar-refractivity contribution in [1.29, 1.82) is 0 Å². The number of nitrogens with zero attached hydrogens (tertiary/aromatic N) is 2. The van der Waals surface area contributed by atoms with Crippen LogP contribution in [0.25, 0.3) is 0 Å². The largest absolute Gasteiger partial charge is 0.368 e. The van der Waals surface area contributed by atoms with Crippen molar-refractivity contribution in [2.45, 2.75) is 13.3 Å². The summed E-state index contributed by atoms with van der Waals surface area (Å²) in [5.74, 6) is -0.451. The minimum atomic E-state index is -0.555. The van der Waals surface area contributed by atoms with Crippen molar-refractivity contribution in [2.75, 3.05) is 11.9 Å². The first kappa shape index (κ1) is 12.4. The lowest BCUT2D eigenvalue weighted by molar-refractivity contribution is 0.580.